The number of aromatic nitrogens is 2. The molecule has 0 atom stereocenters. The molecule has 1 heterocycles. The highest BCUT2D eigenvalue weighted by Crippen LogP contribution is 2.25. The number of nitrogens with zero attached hydrogens (tertiary/aromatic N) is 1. The molecule has 0 fully saturated rings. The number of carbonyl (C=O) groups is 1. The monoisotopic (exact) mass is 303 g/mol. The highest BCUT2D eigenvalue weighted by molar-refractivity contribution is 5.88. The third kappa shape index (κ3) is 3.63. The van der Waals surface area contributed by atoms with Crippen molar-refractivity contribution in [2.75, 3.05) is 18.5 Å². The van der Waals surface area contributed by atoms with Crippen molar-refractivity contribution in [1.82, 2.24) is 9.97 Å². The van der Waals surface area contributed by atoms with Gasteiger partial charge in [0.05, 0.1) is 25.1 Å². The third-order valence-electron chi connectivity index (χ3n) is 2.73. The molecule has 2 rings (SSSR count). The van der Waals surface area contributed by atoms with E-state index >= 15 is 0 Å². The minimum Gasteiger partial charge on any atom is -0.492 e. The van der Waals surface area contributed by atoms with Crippen LogP contribution in [0.5, 0.6) is 5.75 Å². The fraction of sp³-hybridized carbons (Fsp3) is 0.267. The van der Waals surface area contributed by atoms with E-state index in [9.17, 15) is 9.59 Å². The number of nitrogens with one attached hydrogen (secondary N) is 2. The van der Waals surface area contributed by atoms with E-state index in [-0.39, 0.29) is 18.1 Å². The summed E-state index contributed by atoms with van der Waals surface area (Å²) in [5.74, 6) is 0.157. The van der Waals surface area contributed by atoms with Gasteiger partial charge in [0.25, 0.3) is 5.56 Å². The molecular weight excluding hydrogens is 286 g/mol. The highest BCUT2D eigenvalue weighted by atomic mass is 16.5. The van der Waals surface area contributed by atoms with Crippen molar-refractivity contribution in [2.45, 2.75) is 13.8 Å². The molecule has 7 heteroatoms. The molecule has 0 aliphatic rings. The number of ether oxygens (including phenoxy) is 2. The second-order valence-corrected chi connectivity index (χ2v) is 4.25. The summed E-state index contributed by atoms with van der Waals surface area (Å²) in [5.41, 5.74) is -0.0354. The van der Waals surface area contributed by atoms with E-state index in [1.807, 2.05) is 19.1 Å². The predicted octanol–water partition coefficient (Wildman–Crippen LogP) is 2.09. The molecule has 0 radical (unpaired) electrons. The van der Waals surface area contributed by atoms with Crippen LogP contribution in [0.25, 0.3) is 0 Å². The Bertz CT molecular complexity index is 712. The van der Waals surface area contributed by atoms with Gasteiger partial charge in [-0.1, -0.05) is 12.1 Å². The molecule has 1 aromatic carbocycles. The molecule has 0 aliphatic heterocycles. The maximum Gasteiger partial charge on any atom is 0.345 e. The molecule has 0 amide bonds. The van der Waals surface area contributed by atoms with Crippen LogP contribution in [0.3, 0.4) is 0 Å². The second kappa shape index (κ2) is 7.26. The number of rotatable bonds is 6. The lowest BCUT2D eigenvalue weighted by atomic mass is 10.3. The van der Waals surface area contributed by atoms with E-state index in [4.69, 9.17) is 9.47 Å². The molecule has 22 heavy (non-hydrogen) atoms. The molecule has 0 saturated heterocycles. The van der Waals surface area contributed by atoms with Crippen molar-refractivity contribution in [1.29, 1.82) is 0 Å². The normalized spacial score (nSPS) is 10.1. The van der Waals surface area contributed by atoms with E-state index in [1.165, 1.54) is 6.20 Å². The van der Waals surface area contributed by atoms with Crippen LogP contribution in [0, 0.1) is 0 Å². The summed E-state index contributed by atoms with van der Waals surface area (Å²) in [7, 11) is 0. The van der Waals surface area contributed by atoms with Crippen LogP contribution in [-0.2, 0) is 4.74 Å². The first-order valence-electron chi connectivity index (χ1n) is 6.91. The molecule has 7 nitrogen and oxygen atoms in total. The third-order valence-corrected chi connectivity index (χ3v) is 2.73. The van der Waals surface area contributed by atoms with E-state index in [0.717, 1.165) is 0 Å². The first-order chi connectivity index (χ1) is 10.7. The number of H-pyrrole nitrogens is 1. The van der Waals surface area contributed by atoms with E-state index < -0.39 is 11.5 Å². The van der Waals surface area contributed by atoms with Crippen molar-refractivity contribution in [3.05, 3.63) is 46.4 Å². The van der Waals surface area contributed by atoms with Crippen molar-refractivity contribution in [3.63, 3.8) is 0 Å². The zero-order valence-electron chi connectivity index (χ0n) is 12.4. The van der Waals surface area contributed by atoms with Crippen molar-refractivity contribution in [3.8, 4) is 5.75 Å². The van der Waals surface area contributed by atoms with Gasteiger partial charge in [0.1, 0.15) is 11.3 Å². The van der Waals surface area contributed by atoms with E-state index in [2.05, 4.69) is 15.3 Å². The van der Waals surface area contributed by atoms with Crippen molar-refractivity contribution >= 4 is 17.6 Å². The SMILES string of the molecule is CCOC(=O)c1cnc(Nc2ccccc2OCC)[nH]c1=O. The number of para-hydroxylation sites is 2. The van der Waals surface area contributed by atoms with Gasteiger partial charge in [-0.2, -0.15) is 0 Å². The minimum absolute atomic E-state index is 0.134. The number of aromatic amines is 1. The quantitative estimate of drug-likeness (QED) is 0.794. The number of hydrogen-bond donors (Lipinski definition) is 2. The maximum atomic E-state index is 11.9. The molecule has 0 unspecified atom stereocenters. The Kier molecular flexibility index (Phi) is 5.13. The number of carbonyl (C=O) groups excluding carboxylic acids is 1. The smallest absolute Gasteiger partial charge is 0.345 e. The van der Waals surface area contributed by atoms with Gasteiger partial charge in [0.2, 0.25) is 5.95 Å². The molecule has 2 aromatic rings. The van der Waals surface area contributed by atoms with Gasteiger partial charge in [0, 0.05) is 0 Å². The number of hydrogen-bond acceptors (Lipinski definition) is 6. The summed E-state index contributed by atoms with van der Waals surface area (Å²) in [6.45, 7) is 4.26. The Morgan fingerprint density at radius 2 is 2.05 bits per heavy atom. The van der Waals surface area contributed by atoms with Crippen LogP contribution >= 0.6 is 0 Å². The molecule has 0 aliphatic carbocycles. The number of anilines is 2. The Balaban J connectivity index is 2.23. The predicted molar refractivity (Wildman–Crippen MR) is 81.7 cm³/mol. The van der Waals surface area contributed by atoms with Crippen LogP contribution < -0.4 is 15.6 Å². The summed E-state index contributed by atoms with van der Waals surface area (Å²) in [4.78, 5) is 30.0. The lowest BCUT2D eigenvalue weighted by Crippen LogP contribution is -2.21. The van der Waals surface area contributed by atoms with Crippen LogP contribution in [-0.4, -0.2) is 29.2 Å². The fourth-order valence-electron chi connectivity index (χ4n) is 1.79. The average molecular weight is 303 g/mol. The fourth-order valence-corrected chi connectivity index (χ4v) is 1.79. The molecule has 116 valence electrons. The summed E-state index contributed by atoms with van der Waals surface area (Å²) in [6.07, 6.45) is 1.18. The molecule has 0 spiro atoms. The maximum absolute atomic E-state index is 11.9. The Hall–Kier alpha value is -2.83. The van der Waals surface area contributed by atoms with Crippen LogP contribution in [0.1, 0.15) is 24.2 Å². The molecule has 0 saturated carbocycles. The Morgan fingerprint density at radius 1 is 1.27 bits per heavy atom. The van der Waals surface area contributed by atoms with E-state index in [1.54, 1.807) is 19.1 Å². The summed E-state index contributed by atoms with van der Waals surface area (Å²) >= 11 is 0. The zero-order valence-corrected chi connectivity index (χ0v) is 12.4. The van der Waals surface area contributed by atoms with Gasteiger partial charge in [0.15, 0.2) is 0 Å². The lowest BCUT2D eigenvalue weighted by Gasteiger charge is -2.11. The van der Waals surface area contributed by atoms with Gasteiger partial charge in [-0.15, -0.1) is 0 Å². The Labute approximate surface area is 127 Å². The van der Waals surface area contributed by atoms with Crippen molar-refractivity contribution < 1.29 is 14.3 Å². The number of esters is 1. The van der Waals surface area contributed by atoms with Crippen LogP contribution in [0.15, 0.2) is 35.3 Å². The van der Waals surface area contributed by atoms with Gasteiger partial charge < -0.3 is 14.8 Å². The standard InChI is InChI=1S/C15H17N3O4/c1-3-21-12-8-6-5-7-11(12)17-15-16-9-10(13(19)18-15)14(20)22-4-2/h5-9H,3-4H2,1-2H3,(H2,16,17,18,19). The van der Waals surface area contributed by atoms with Crippen LogP contribution in [0.4, 0.5) is 11.6 Å². The summed E-state index contributed by atoms with van der Waals surface area (Å²) in [6, 6.07) is 7.27. The Morgan fingerprint density at radius 3 is 2.73 bits per heavy atom. The molecule has 1 aromatic heterocycles. The minimum atomic E-state index is -0.697. The zero-order chi connectivity index (χ0) is 15.9. The first-order valence-corrected chi connectivity index (χ1v) is 6.91. The van der Waals surface area contributed by atoms with Gasteiger partial charge >= 0.3 is 5.97 Å². The second-order valence-electron chi connectivity index (χ2n) is 4.25. The topological polar surface area (TPSA) is 93.3 Å². The van der Waals surface area contributed by atoms with Gasteiger partial charge in [-0.25, -0.2) is 9.78 Å². The number of benzene rings is 1. The van der Waals surface area contributed by atoms with Crippen LogP contribution in [0.2, 0.25) is 0 Å². The summed E-state index contributed by atoms with van der Waals surface area (Å²) < 4.78 is 10.3. The highest BCUT2D eigenvalue weighted by Gasteiger charge is 2.13. The van der Waals surface area contributed by atoms with Gasteiger partial charge in [-0.05, 0) is 26.0 Å². The lowest BCUT2D eigenvalue weighted by molar-refractivity contribution is 0.0524. The van der Waals surface area contributed by atoms with Gasteiger partial charge in [-0.3, -0.25) is 9.78 Å². The molecule has 2 N–H and O–H groups in total. The molecule has 0 bridgehead atoms. The van der Waals surface area contributed by atoms with E-state index in [0.29, 0.717) is 18.0 Å². The van der Waals surface area contributed by atoms with Crippen molar-refractivity contribution in [2.24, 2.45) is 0 Å². The summed E-state index contributed by atoms with van der Waals surface area (Å²) in [5, 5.41) is 2.95. The average Bonchev–Trinajstić information content (AvgIpc) is 2.50. The first kappa shape index (κ1) is 15.6. The largest absolute Gasteiger partial charge is 0.492 e. The molecular formula is C15H17N3O4.